The third kappa shape index (κ3) is 8.65. The van der Waals surface area contributed by atoms with Crippen molar-refractivity contribution in [3.63, 3.8) is 0 Å². The number of hydrogen-bond donors (Lipinski definition) is 5. The van der Waals surface area contributed by atoms with Crippen molar-refractivity contribution >= 4 is 51.1 Å². The number of nitrogens with two attached hydrogens (primary N) is 3. The lowest BCUT2D eigenvalue weighted by atomic mass is 10.2. The zero-order valence-electron chi connectivity index (χ0n) is 23.3. The molecule has 3 aromatic heterocycles. The Morgan fingerprint density at radius 2 is 1.59 bits per heavy atom. The van der Waals surface area contributed by atoms with Crippen molar-refractivity contribution in [3.8, 4) is 0 Å². The quantitative estimate of drug-likeness (QED) is 0.105. The van der Waals surface area contributed by atoms with Gasteiger partial charge in [-0.1, -0.05) is 27.0 Å². The van der Waals surface area contributed by atoms with Crippen LogP contribution in [0.1, 0.15) is 61.2 Å². The van der Waals surface area contributed by atoms with Crippen LogP contribution in [0.5, 0.6) is 0 Å². The highest BCUT2D eigenvalue weighted by atomic mass is 16.5. The Hall–Kier alpha value is -5.23. The Labute approximate surface area is 257 Å². The summed E-state index contributed by atoms with van der Waals surface area (Å²) in [6, 6.07) is 16.9. The molecular formula is C32H42N8O4. The molecule has 2 aromatic carbocycles. The number of anilines is 3. The zero-order chi connectivity index (χ0) is 30.1. The highest BCUT2D eigenvalue weighted by Gasteiger charge is 2.18. The summed E-state index contributed by atoms with van der Waals surface area (Å²) in [7, 11) is 0. The van der Waals surface area contributed by atoms with E-state index in [0.717, 1.165) is 35.2 Å². The summed E-state index contributed by atoms with van der Waals surface area (Å²) < 4.78 is 7.74. The van der Waals surface area contributed by atoms with Crippen LogP contribution in [-0.4, -0.2) is 49.7 Å². The lowest BCUT2D eigenvalue weighted by molar-refractivity contribution is 0.0696. The first-order valence-electron chi connectivity index (χ1n) is 13.5. The first-order valence-corrected chi connectivity index (χ1v) is 13.5. The van der Waals surface area contributed by atoms with E-state index in [-0.39, 0.29) is 26.3 Å². The number of carboxylic acid groups (broad SMARTS) is 1. The number of nitrogens with one attached hydrogen (secondary N) is 1. The fraction of sp³-hybridized carbons (Fsp3) is 0.281. The number of pyridine rings is 2. The van der Waals surface area contributed by atoms with Crippen LogP contribution in [0.15, 0.2) is 66.9 Å². The summed E-state index contributed by atoms with van der Waals surface area (Å²) in [6.07, 6.45) is 3.37. The summed E-state index contributed by atoms with van der Waals surface area (Å²) in [5.41, 5.74) is 22.1. The van der Waals surface area contributed by atoms with E-state index in [4.69, 9.17) is 32.0 Å². The third-order valence-corrected chi connectivity index (χ3v) is 6.35. The average Bonchev–Trinajstić information content (AvgIpc) is 3.35. The summed E-state index contributed by atoms with van der Waals surface area (Å²) >= 11 is 0. The summed E-state index contributed by atoms with van der Waals surface area (Å²) in [4.78, 5) is 36.3. The Morgan fingerprint density at radius 1 is 0.909 bits per heavy atom. The van der Waals surface area contributed by atoms with Gasteiger partial charge in [-0.3, -0.25) is 9.78 Å². The van der Waals surface area contributed by atoms with E-state index in [1.165, 1.54) is 12.1 Å². The molecule has 0 saturated carbocycles. The molecule has 12 nitrogen and oxygen atoms in total. The van der Waals surface area contributed by atoms with Crippen molar-refractivity contribution < 1.29 is 19.4 Å². The predicted octanol–water partition coefficient (Wildman–Crippen LogP) is 5.13. The number of rotatable bonds is 10. The number of hydrogen-bond acceptors (Lipinski definition) is 9. The number of unbranched alkanes of at least 4 members (excludes halogenated alkanes) is 1. The van der Waals surface area contributed by atoms with Crippen molar-refractivity contribution in [2.24, 2.45) is 0 Å². The minimum absolute atomic E-state index is 0. The van der Waals surface area contributed by atoms with Crippen molar-refractivity contribution in [3.05, 3.63) is 83.8 Å². The van der Waals surface area contributed by atoms with Gasteiger partial charge in [0.25, 0.3) is 5.91 Å². The van der Waals surface area contributed by atoms with E-state index < -0.39 is 5.97 Å². The van der Waals surface area contributed by atoms with Crippen molar-refractivity contribution in [1.29, 1.82) is 0 Å². The minimum atomic E-state index is -0.952. The van der Waals surface area contributed by atoms with Crippen LogP contribution in [0.25, 0.3) is 22.1 Å². The van der Waals surface area contributed by atoms with Gasteiger partial charge in [0.2, 0.25) is 0 Å². The number of carbonyl (C=O) groups excluding carboxylic acids is 1. The topological polar surface area (TPSA) is 197 Å². The van der Waals surface area contributed by atoms with Crippen LogP contribution >= 0.6 is 0 Å². The zero-order valence-corrected chi connectivity index (χ0v) is 23.3. The van der Waals surface area contributed by atoms with Gasteiger partial charge in [-0.15, -0.1) is 0 Å². The maximum atomic E-state index is 12.3. The van der Waals surface area contributed by atoms with Crippen LogP contribution in [0, 0.1) is 0 Å². The lowest BCUT2D eigenvalue weighted by Crippen LogP contribution is -2.24. The summed E-state index contributed by atoms with van der Waals surface area (Å²) in [6.45, 7) is 4.17. The third-order valence-electron chi connectivity index (χ3n) is 6.35. The molecule has 0 aliphatic carbocycles. The maximum Gasteiger partial charge on any atom is 0.335 e. The highest BCUT2D eigenvalue weighted by Crippen LogP contribution is 2.28. The number of fused-ring (bicyclic) bond motifs is 3. The minimum Gasteiger partial charge on any atom is -0.478 e. The lowest BCUT2D eigenvalue weighted by Gasteiger charge is -2.11. The van der Waals surface area contributed by atoms with E-state index in [0.29, 0.717) is 54.6 Å². The maximum absolute atomic E-state index is 12.3. The second-order valence-electron chi connectivity index (χ2n) is 9.40. The van der Waals surface area contributed by atoms with E-state index in [9.17, 15) is 9.59 Å². The van der Waals surface area contributed by atoms with Gasteiger partial charge in [-0.25, -0.2) is 14.8 Å². The van der Waals surface area contributed by atoms with Gasteiger partial charge >= 0.3 is 5.97 Å². The average molecular weight is 603 g/mol. The van der Waals surface area contributed by atoms with Crippen LogP contribution in [-0.2, 0) is 17.9 Å². The van der Waals surface area contributed by atoms with E-state index in [1.807, 2.05) is 19.1 Å². The molecule has 0 spiro atoms. The molecule has 0 bridgehead atoms. The van der Waals surface area contributed by atoms with Crippen LogP contribution in [0.2, 0.25) is 0 Å². The SMILES string of the molecule is C.C.CCOCc1nc2c(N)nc3cccnc3c2n1CCCCNC(=O)c1cccc(N)c1.Nc1cccc(C(=O)O)c1. The Balaban J connectivity index is 0.000000482. The number of imidazole rings is 1. The van der Waals surface area contributed by atoms with Gasteiger partial charge in [-0.05, 0) is 68.3 Å². The highest BCUT2D eigenvalue weighted by molar-refractivity contribution is 6.04. The molecule has 0 aliphatic rings. The molecule has 8 N–H and O–H groups in total. The number of ether oxygens (including phenoxy) is 1. The second-order valence-corrected chi connectivity index (χ2v) is 9.40. The fourth-order valence-corrected chi connectivity index (χ4v) is 4.36. The Morgan fingerprint density at radius 3 is 2.23 bits per heavy atom. The molecule has 0 aliphatic heterocycles. The van der Waals surface area contributed by atoms with Crippen molar-refractivity contribution in [2.45, 2.75) is 47.8 Å². The van der Waals surface area contributed by atoms with Gasteiger partial charge in [0.1, 0.15) is 29.0 Å². The number of aryl methyl sites for hydroxylation is 1. The molecule has 0 radical (unpaired) electrons. The van der Waals surface area contributed by atoms with E-state index in [1.54, 1.807) is 42.6 Å². The molecule has 0 atom stereocenters. The summed E-state index contributed by atoms with van der Waals surface area (Å²) in [5.74, 6) is 0.0902. The number of aromatic nitrogens is 4. The monoisotopic (exact) mass is 602 g/mol. The molecular weight excluding hydrogens is 560 g/mol. The number of amides is 1. The fourth-order valence-electron chi connectivity index (χ4n) is 4.36. The Bertz CT molecular complexity index is 1700. The van der Waals surface area contributed by atoms with Gasteiger partial charge in [0.15, 0.2) is 5.82 Å². The van der Waals surface area contributed by atoms with Crippen LogP contribution in [0.4, 0.5) is 17.2 Å². The van der Waals surface area contributed by atoms with Crippen LogP contribution < -0.4 is 22.5 Å². The molecule has 0 unspecified atom stereocenters. The number of benzene rings is 2. The Kier molecular flexibility index (Phi) is 13.0. The predicted molar refractivity (Wildman–Crippen MR) is 176 cm³/mol. The molecule has 5 aromatic rings. The van der Waals surface area contributed by atoms with Crippen molar-refractivity contribution in [2.75, 3.05) is 30.4 Å². The number of nitrogens with zero attached hydrogens (tertiary/aromatic N) is 4. The molecule has 12 heteroatoms. The number of nitrogen functional groups attached to an aromatic ring is 3. The standard InChI is InChI=1S/C23H27N7O2.C7H7NO2.2CH4/c1-2-32-14-18-29-20-21(19-17(28-22(20)25)9-6-11-26-19)30(18)12-4-3-10-27-23(31)15-7-5-8-16(24)13-15;8-6-3-1-2-5(4-6)7(9)10;;/h5-9,11,13H,2-4,10,12,14,24H2,1H3,(H2,25,28)(H,27,31);1-4H,8H2,(H,9,10);2*1H4. The largest absolute Gasteiger partial charge is 0.478 e. The summed E-state index contributed by atoms with van der Waals surface area (Å²) in [5, 5.41) is 11.4. The first kappa shape index (κ1) is 35.0. The number of carboxylic acids is 1. The molecule has 0 saturated heterocycles. The van der Waals surface area contributed by atoms with E-state index in [2.05, 4.69) is 19.9 Å². The number of aromatic carboxylic acids is 1. The molecule has 3 heterocycles. The van der Waals surface area contributed by atoms with E-state index >= 15 is 0 Å². The van der Waals surface area contributed by atoms with Crippen LogP contribution in [0.3, 0.4) is 0 Å². The molecule has 44 heavy (non-hydrogen) atoms. The van der Waals surface area contributed by atoms with Gasteiger partial charge in [-0.2, -0.15) is 0 Å². The smallest absolute Gasteiger partial charge is 0.335 e. The van der Waals surface area contributed by atoms with Gasteiger partial charge < -0.3 is 36.9 Å². The van der Waals surface area contributed by atoms with Gasteiger partial charge in [0, 0.05) is 42.8 Å². The molecule has 1 amide bonds. The van der Waals surface area contributed by atoms with Crippen molar-refractivity contribution in [1.82, 2.24) is 24.8 Å². The molecule has 234 valence electrons. The molecule has 5 rings (SSSR count). The first-order chi connectivity index (χ1) is 20.3. The van der Waals surface area contributed by atoms with Gasteiger partial charge in [0.05, 0.1) is 11.1 Å². The normalized spacial score (nSPS) is 10.3. The number of carbonyl (C=O) groups is 2. The second kappa shape index (κ2) is 16.4. The molecule has 0 fully saturated rings.